The molecule has 1 heterocycles. The third-order valence-electron chi connectivity index (χ3n) is 2.85. The highest BCUT2D eigenvalue weighted by atomic mass is 16.5. The molecular weight excluding hydrogens is 216 g/mol. The molecule has 1 atom stereocenters. The van der Waals surface area contributed by atoms with E-state index in [9.17, 15) is 10.2 Å². The Labute approximate surface area is 99.0 Å². The van der Waals surface area contributed by atoms with Gasteiger partial charge in [0.05, 0.1) is 0 Å². The minimum absolute atomic E-state index is 0.156. The number of aliphatic hydroxyl groups is 2. The molecule has 2 N–H and O–H groups in total. The van der Waals surface area contributed by atoms with Crippen molar-refractivity contribution in [3.8, 4) is 0 Å². The van der Waals surface area contributed by atoms with Crippen molar-refractivity contribution in [2.24, 2.45) is 0 Å². The summed E-state index contributed by atoms with van der Waals surface area (Å²) in [6.07, 6.45) is 6.11. The molecular formula is C14H12O3. The lowest BCUT2D eigenvalue weighted by Gasteiger charge is -2.19. The van der Waals surface area contributed by atoms with Crippen molar-refractivity contribution >= 4 is 0 Å². The van der Waals surface area contributed by atoms with Crippen LogP contribution in [-0.2, 0) is 4.74 Å². The maximum Gasteiger partial charge on any atom is 0.207 e. The van der Waals surface area contributed by atoms with Gasteiger partial charge in [-0.25, -0.2) is 0 Å². The van der Waals surface area contributed by atoms with E-state index in [1.807, 2.05) is 36.4 Å². The number of ether oxygens (including phenoxy) is 1. The highest BCUT2D eigenvalue weighted by Crippen LogP contribution is 2.37. The van der Waals surface area contributed by atoms with Gasteiger partial charge in [-0.15, -0.1) is 0 Å². The minimum Gasteiger partial charge on any atom is -0.481 e. The summed E-state index contributed by atoms with van der Waals surface area (Å²) in [6.45, 7) is 0. The normalized spacial score (nSPS) is 24.7. The zero-order valence-electron chi connectivity index (χ0n) is 9.08. The van der Waals surface area contributed by atoms with Gasteiger partial charge in [0.1, 0.15) is 11.9 Å². The lowest BCUT2D eigenvalue weighted by molar-refractivity contribution is -0.0776. The number of allylic oxidation sites excluding steroid dienone is 1. The van der Waals surface area contributed by atoms with Crippen LogP contribution in [-0.4, -0.2) is 16.0 Å². The van der Waals surface area contributed by atoms with Gasteiger partial charge in [-0.1, -0.05) is 30.3 Å². The molecule has 1 aromatic rings. The summed E-state index contributed by atoms with van der Waals surface area (Å²) in [5.74, 6) is -1.38. The summed E-state index contributed by atoms with van der Waals surface area (Å²) in [6, 6.07) is 9.81. The van der Waals surface area contributed by atoms with Gasteiger partial charge < -0.3 is 14.9 Å². The first kappa shape index (κ1) is 10.3. The molecule has 1 aliphatic heterocycles. The van der Waals surface area contributed by atoms with Crippen LogP contribution in [0.5, 0.6) is 0 Å². The number of hydrogen-bond donors (Lipinski definition) is 2. The lowest BCUT2D eigenvalue weighted by Crippen LogP contribution is -2.24. The Kier molecular flexibility index (Phi) is 2.18. The van der Waals surface area contributed by atoms with E-state index in [1.165, 1.54) is 12.2 Å². The number of hydrogen-bond acceptors (Lipinski definition) is 3. The minimum atomic E-state index is -1.90. The zero-order valence-corrected chi connectivity index (χ0v) is 9.08. The average molecular weight is 228 g/mol. The van der Waals surface area contributed by atoms with Crippen molar-refractivity contribution in [3.63, 3.8) is 0 Å². The topological polar surface area (TPSA) is 49.7 Å². The van der Waals surface area contributed by atoms with Crippen LogP contribution in [0.25, 0.3) is 0 Å². The Balaban J connectivity index is 1.92. The number of benzene rings is 1. The Morgan fingerprint density at radius 1 is 1.12 bits per heavy atom. The highest BCUT2D eigenvalue weighted by molar-refractivity contribution is 5.47. The Hall–Kier alpha value is -1.84. The molecule has 0 radical (unpaired) electrons. The molecule has 0 saturated carbocycles. The van der Waals surface area contributed by atoms with Crippen LogP contribution in [0.2, 0.25) is 0 Å². The maximum atomic E-state index is 9.46. The van der Waals surface area contributed by atoms with E-state index >= 15 is 0 Å². The number of rotatable bonds is 1. The Bertz CT molecular complexity index is 524. The van der Waals surface area contributed by atoms with Gasteiger partial charge in [0.25, 0.3) is 0 Å². The predicted molar refractivity (Wildman–Crippen MR) is 62.7 cm³/mol. The predicted octanol–water partition coefficient (Wildman–Crippen LogP) is 1.82. The first-order chi connectivity index (χ1) is 8.14. The Morgan fingerprint density at radius 2 is 1.88 bits per heavy atom. The van der Waals surface area contributed by atoms with Crippen LogP contribution >= 0.6 is 0 Å². The molecule has 86 valence electrons. The van der Waals surface area contributed by atoms with Crippen LogP contribution in [0.1, 0.15) is 11.7 Å². The molecule has 17 heavy (non-hydrogen) atoms. The van der Waals surface area contributed by atoms with Crippen LogP contribution in [0, 0.1) is 0 Å². The fourth-order valence-corrected chi connectivity index (χ4v) is 2.00. The van der Waals surface area contributed by atoms with Gasteiger partial charge in [-0.3, -0.25) is 0 Å². The second-order valence-corrected chi connectivity index (χ2v) is 4.20. The molecule has 3 nitrogen and oxygen atoms in total. The van der Waals surface area contributed by atoms with E-state index in [0.29, 0.717) is 5.76 Å². The molecule has 3 rings (SSSR count). The molecule has 0 bridgehead atoms. The van der Waals surface area contributed by atoms with Gasteiger partial charge in [-0.05, 0) is 23.8 Å². The average Bonchev–Trinajstić information content (AvgIpc) is 2.71. The summed E-state index contributed by atoms with van der Waals surface area (Å²) in [5, 5.41) is 18.9. The van der Waals surface area contributed by atoms with Crippen LogP contribution in [0.4, 0.5) is 0 Å². The van der Waals surface area contributed by atoms with Crippen molar-refractivity contribution in [3.05, 3.63) is 71.5 Å². The first-order valence-corrected chi connectivity index (χ1v) is 5.45. The molecule has 1 aromatic carbocycles. The Morgan fingerprint density at radius 3 is 2.65 bits per heavy atom. The van der Waals surface area contributed by atoms with E-state index in [2.05, 4.69) is 0 Å². The molecule has 0 fully saturated rings. The zero-order chi connectivity index (χ0) is 11.9. The molecule has 0 saturated heterocycles. The van der Waals surface area contributed by atoms with E-state index in [-0.39, 0.29) is 6.10 Å². The van der Waals surface area contributed by atoms with Crippen molar-refractivity contribution in [1.82, 2.24) is 0 Å². The quantitative estimate of drug-likeness (QED) is 0.721. The SMILES string of the molecule is OC1(O)C=CC2=CC(c3ccccc3)OC2=C1. The fraction of sp³-hybridized carbons (Fsp3) is 0.143. The first-order valence-electron chi connectivity index (χ1n) is 5.45. The fourth-order valence-electron chi connectivity index (χ4n) is 2.00. The summed E-state index contributed by atoms with van der Waals surface area (Å²) < 4.78 is 5.68. The summed E-state index contributed by atoms with van der Waals surface area (Å²) >= 11 is 0. The van der Waals surface area contributed by atoms with Gasteiger partial charge in [0.2, 0.25) is 5.79 Å². The van der Waals surface area contributed by atoms with Crippen LogP contribution in [0.3, 0.4) is 0 Å². The largest absolute Gasteiger partial charge is 0.481 e. The summed E-state index contributed by atoms with van der Waals surface area (Å²) in [4.78, 5) is 0. The van der Waals surface area contributed by atoms with Gasteiger partial charge >= 0.3 is 0 Å². The molecule has 2 aliphatic rings. The summed E-state index contributed by atoms with van der Waals surface area (Å²) in [7, 11) is 0. The third-order valence-corrected chi connectivity index (χ3v) is 2.85. The van der Waals surface area contributed by atoms with E-state index in [0.717, 1.165) is 11.1 Å². The molecule has 0 spiro atoms. The van der Waals surface area contributed by atoms with Gasteiger partial charge in [-0.2, -0.15) is 0 Å². The standard InChI is InChI=1S/C14H12O3/c15-14(16)7-6-11-8-12(17-13(11)9-14)10-4-2-1-3-5-10/h1-9,12,15-16H. The van der Waals surface area contributed by atoms with Crippen LogP contribution < -0.4 is 0 Å². The van der Waals surface area contributed by atoms with E-state index in [4.69, 9.17) is 4.74 Å². The highest BCUT2D eigenvalue weighted by Gasteiger charge is 2.29. The number of fused-ring (bicyclic) bond motifs is 1. The maximum absolute atomic E-state index is 9.46. The third kappa shape index (κ3) is 1.90. The van der Waals surface area contributed by atoms with E-state index in [1.54, 1.807) is 6.08 Å². The monoisotopic (exact) mass is 228 g/mol. The van der Waals surface area contributed by atoms with Gasteiger partial charge in [0.15, 0.2) is 0 Å². The molecule has 3 heteroatoms. The lowest BCUT2D eigenvalue weighted by atomic mass is 10.0. The molecule has 0 amide bonds. The van der Waals surface area contributed by atoms with Crippen molar-refractivity contribution in [2.45, 2.75) is 11.9 Å². The van der Waals surface area contributed by atoms with Crippen molar-refractivity contribution < 1.29 is 14.9 Å². The van der Waals surface area contributed by atoms with Crippen LogP contribution in [0.15, 0.2) is 66.0 Å². The molecule has 1 unspecified atom stereocenters. The van der Waals surface area contributed by atoms with E-state index < -0.39 is 5.79 Å². The molecule has 1 aliphatic carbocycles. The van der Waals surface area contributed by atoms with Crippen molar-refractivity contribution in [1.29, 1.82) is 0 Å². The smallest absolute Gasteiger partial charge is 0.207 e. The second kappa shape index (κ2) is 3.58. The van der Waals surface area contributed by atoms with Crippen molar-refractivity contribution in [2.75, 3.05) is 0 Å². The molecule has 0 aromatic heterocycles. The summed E-state index contributed by atoms with van der Waals surface area (Å²) in [5.41, 5.74) is 1.93. The second-order valence-electron chi connectivity index (χ2n) is 4.20. The van der Waals surface area contributed by atoms with Gasteiger partial charge in [0, 0.05) is 11.6 Å².